The largest absolute Gasteiger partial charge is 0.325 e. The Balaban J connectivity index is 1.51. The van der Waals surface area contributed by atoms with Crippen LogP contribution in [0.5, 0.6) is 0 Å². The van der Waals surface area contributed by atoms with Crippen molar-refractivity contribution < 1.29 is 9.59 Å². The van der Waals surface area contributed by atoms with Crippen molar-refractivity contribution in [2.24, 2.45) is 0 Å². The van der Waals surface area contributed by atoms with E-state index in [0.717, 1.165) is 81.5 Å². The normalized spacial score (nSPS) is 11.1. The van der Waals surface area contributed by atoms with Gasteiger partial charge in [0, 0.05) is 45.8 Å². The molecule has 0 saturated carbocycles. The van der Waals surface area contributed by atoms with E-state index in [-0.39, 0.29) is 11.8 Å². The highest BCUT2D eigenvalue weighted by Gasteiger charge is 2.14. The zero-order chi connectivity index (χ0) is 26.7. The van der Waals surface area contributed by atoms with Crippen molar-refractivity contribution in [2.45, 2.75) is 75.0 Å². The highest BCUT2D eigenvalue weighted by molar-refractivity contribution is 8.76. The van der Waals surface area contributed by atoms with Gasteiger partial charge in [-0.25, -0.2) is 0 Å². The minimum Gasteiger partial charge on any atom is -0.325 e. The molecule has 2 N–H and O–H groups in total. The van der Waals surface area contributed by atoms with Crippen molar-refractivity contribution >= 4 is 66.6 Å². The number of nitrogens with zero attached hydrogens (tertiary/aromatic N) is 2. The van der Waals surface area contributed by atoms with E-state index in [9.17, 15) is 9.59 Å². The first-order valence-corrected chi connectivity index (χ1v) is 15.4. The Labute approximate surface area is 232 Å². The maximum absolute atomic E-state index is 12.4. The molecular weight excluding hydrogens is 512 g/mol. The second-order valence-electron chi connectivity index (χ2n) is 9.20. The summed E-state index contributed by atoms with van der Waals surface area (Å²) in [4.78, 5) is 36.1. The molecular formula is C30H34N4O2S2. The maximum atomic E-state index is 12.4. The van der Waals surface area contributed by atoms with Crippen LogP contribution in [0.15, 0.2) is 70.7 Å². The quantitative estimate of drug-likeness (QED) is 0.129. The zero-order valence-electron chi connectivity index (χ0n) is 22.0. The van der Waals surface area contributed by atoms with E-state index in [2.05, 4.69) is 34.4 Å². The molecule has 4 rings (SSSR count). The summed E-state index contributed by atoms with van der Waals surface area (Å²) in [6, 6.07) is 15.7. The Morgan fingerprint density at radius 2 is 1.11 bits per heavy atom. The van der Waals surface area contributed by atoms with Gasteiger partial charge in [-0.2, -0.15) is 0 Å². The average molecular weight is 547 g/mol. The molecule has 0 saturated heterocycles. The van der Waals surface area contributed by atoms with Crippen LogP contribution in [0.3, 0.4) is 0 Å². The van der Waals surface area contributed by atoms with Gasteiger partial charge in [-0.3, -0.25) is 19.6 Å². The Morgan fingerprint density at radius 3 is 1.53 bits per heavy atom. The summed E-state index contributed by atoms with van der Waals surface area (Å²) < 4.78 is 0. The second kappa shape index (κ2) is 14.2. The number of nitrogens with one attached hydrogen (secondary N) is 2. The third-order valence-electron chi connectivity index (χ3n) is 6.25. The van der Waals surface area contributed by atoms with Crippen LogP contribution in [-0.2, 0) is 9.59 Å². The van der Waals surface area contributed by atoms with Crippen LogP contribution >= 0.6 is 21.6 Å². The van der Waals surface area contributed by atoms with E-state index in [1.165, 1.54) is 0 Å². The molecule has 8 heteroatoms. The first kappa shape index (κ1) is 27.9. The van der Waals surface area contributed by atoms with Crippen molar-refractivity contribution in [3.05, 3.63) is 60.9 Å². The average Bonchev–Trinajstić information content (AvgIpc) is 2.94. The van der Waals surface area contributed by atoms with E-state index in [4.69, 9.17) is 0 Å². The van der Waals surface area contributed by atoms with Crippen molar-refractivity contribution in [3.8, 4) is 0 Å². The lowest BCUT2D eigenvalue weighted by molar-refractivity contribution is -0.117. The topological polar surface area (TPSA) is 84.0 Å². The van der Waals surface area contributed by atoms with Gasteiger partial charge in [0.1, 0.15) is 0 Å². The number of anilines is 2. The molecule has 0 atom stereocenters. The smallest absolute Gasteiger partial charge is 0.224 e. The molecule has 38 heavy (non-hydrogen) atoms. The SMILES string of the molecule is CCCCCC(=O)Nc1ccc(SSc2ccc(NC(=O)CCCCC)c3cccnc23)c2ncccc12. The van der Waals surface area contributed by atoms with E-state index in [0.29, 0.717) is 12.8 Å². The number of amides is 2. The van der Waals surface area contributed by atoms with Crippen molar-refractivity contribution in [1.82, 2.24) is 9.97 Å². The second-order valence-corrected chi connectivity index (χ2v) is 11.4. The molecule has 198 valence electrons. The summed E-state index contributed by atoms with van der Waals surface area (Å²) in [6.07, 6.45) is 10.7. The maximum Gasteiger partial charge on any atom is 0.224 e. The summed E-state index contributed by atoms with van der Waals surface area (Å²) in [7, 11) is 3.22. The molecule has 0 bridgehead atoms. The molecule has 6 nitrogen and oxygen atoms in total. The number of pyridine rings is 2. The number of hydrogen-bond acceptors (Lipinski definition) is 6. The number of rotatable bonds is 13. The minimum atomic E-state index is 0.0356. The highest BCUT2D eigenvalue weighted by atomic mass is 33.1. The molecule has 0 aliphatic heterocycles. The Bertz CT molecular complexity index is 1300. The Hall–Kier alpha value is -3.10. The predicted octanol–water partition coefficient (Wildman–Crippen LogP) is 8.62. The lowest BCUT2D eigenvalue weighted by Gasteiger charge is -2.13. The number of hydrogen-bond donors (Lipinski definition) is 2. The third kappa shape index (κ3) is 7.26. The molecule has 0 fully saturated rings. The van der Waals surface area contributed by atoms with Crippen LogP contribution in [0.25, 0.3) is 21.8 Å². The Morgan fingerprint density at radius 1 is 0.658 bits per heavy atom. The molecule has 2 heterocycles. The van der Waals surface area contributed by atoms with Crippen LogP contribution in [0, 0.1) is 0 Å². The highest BCUT2D eigenvalue weighted by Crippen LogP contribution is 2.44. The predicted molar refractivity (Wildman–Crippen MR) is 161 cm³/mol. The van der Waals surface area contributed by atoms with Crippen LogP contribution in [0.1, 0.15) is 65.2 Å². The molecule has 0 spiro atoms. The molecule has 4 aromatic rings. The number of carbonyl (C=O) groups is 2. The van der Waals surface area contributed by atoms with Crippen molar-refractivity contribution in [1.29, 1.82) is 0 Å². The monoisotopic (exact) mass is 546 g/mol. The molecule has 0 aliphatic carbocycles. The minimum absolute atomic E-state index is 0.0356. The van der Waals surface area contributed by atoms with E-state index in [1.807, 2.05) is 48.5 Å². The number of fused-ring (bicyclic) bond motifs is 2. The Kier molecular flexibility index (Phi) is 10.4. The number of aromatic nitrogens is 2. The fourth-order valence-electron chi connectivity index (χ4n) is 4.23. The van der Waals surface area contributed by atoms with Crippen molar-refractivity contribution in [3.63, 3.8) is 0 Å². The lowest BCUT2D eigenvalue weighted by atomic mass is 10.1. The summed E-state index contributed by atoms with van der Waals surface area (Å²) in [5.74, 6) is 0.0712. The first-order chi connectivity index (χ1) is 18.6. The lowest BCUT2D eigenvalue weighted by Crippen LogP contribution is -2.11. The zero-order valence-corrected chi connectivity index (χ0v) is 23.6. The molecule has 0 unspecified atom stereocenters. The van der Waals surface area contributed by atoms with Crippen LogP contribution in [-0.4, -0.2) is 21.8 Å². The van der Waals surface area contributed by atoms with Gasteiger partial charge in [-0.15, -0.1) is 0 Å². The van der Waals surface area contributed by atoms with Crippen LogP contribution in [0.2, 0.25) is 0 Å². The number of benzene rings is 2. The van der Waals surface area contributed by atoms with E-state index >= 15 is 0 Å². The van der Waals surface area contributed by atoms with E-state index < -0.39 is 0 Å². The number of carbonyl (C=O) groups excluding carboxylic acids is 2. The van der Waals surface area contributed by atoms with Gasteiger partial charge in [0.2, 0.25) is 11.8 Å². The first-order valence-electron chi connectivity index (χ1n) is 13.3. The molecule has 2 aromatic heterocycles. The van der Waals surface area contributed by atoms with Gasteiger partial charge in [-0.1, -0.05) is 61.1 Å². The van der Waals surface area contributed by atoms with E-state index in [1.54, 1.807) is 34.0 Å². The summed E-state index contributed by atoms with van der Waals surface area (Å²) >= 11 is 0. The van der Waals surface area contributed by atoms with Gasteiger partial charge in [-0.05, 0) is 61.4 Å². The van der Waals surface area contributed by atoms with Crippen LogP contribution in [0.4, 0.5) is 11.4 Å². The van der Waals surface area contributed by atoms with Crippen molar-refractivity contribution in [2.75, 3.05) is 10.6 Å². The van der Waals surface area contributed by atoms with Gasteiger partial charge in [0.05, 0.1) is 22.4 Å². The fraction of sp³-hybridized carbons (Fsp3) is 0.333. The molecule has 0 aliphatic rings. The fourth-order valence-corrected chi connectivity index (χ4v) is 6.49. The number of unbranched alkanes of at least 4 members (excludes halogenated alkanes) is 4. The van der Waals surface area contributed by atoms with Gasteiger partial charge >= 0.3 is 0 Å². The third-order valence-corrected chi connectivity index (χ3v) is 8.68. The standard InChI is InChI=1S/C30H34N4O2S2/c1-3-5-7-13-27(35)33-23-15-17-25(29-21(23)11-9-19-31-29)37-38-26-18-16-24(22-12-10-20-32-30(22)26)34-28(36)14-8-6-4-2/h9-12,15-20H,3-8,13-14H2,1-2H3,(H,33,35)(H,34,36). The summed E-state index contributed by atoms with van der Waals surface area (Å²) in [6.45, 7) is 4.26. The van der Waals surface area contributed by atoms with Gasteiger partial charge < -0.3 is 10.6 Å². The molecule has 2 amide bonds. The van der Waals surface area contributed by atoms with Gasteiger partial charge in [0.25, 0.3) is 0 Å². The van der Waals surface area contributed by atoms with Crippen LogP contribution < -0.4 is 10.6 Å². The summed E-state index contributed by atoms with van der Waals surface area (Å²) in [5, 5.41) is 7.98. The molecule has 2 aromatic carbocycles. The molecule has 0 radical (unpaired) electrons. The summed E-state index contributed by atoms with van der Waals surface area (Å²) in [5.41, 5.74) is 3.28. The van der Waals surface area contributed by atoms with Gasteiger partial charge in [0.15, 0.2) is 0 Å².